The summed E-state index contributed by atoms with van der Waals surface area (Å²) >= 11 is 6.02. The first kappa shape index (κ1) is 12.6. The Morgan fingerprint density at radius 2 is 1.95 bits per heavy atom. The lowest BCUT2D eigenvalue weighted by Gasteiger charge is -2.00. The first-order valence-corrected chi connectivity index (χ1v) is 6.11. The van der Waals surface area contributed by atoms with Crippen LogP contribution in [-0.2, 0) is 0 Å². The van der Waals surface area contributed by atoms with Gasteiger partial charge in [-0.2, -0.15) is 0 Å². The third kappa shape index (κ3) is 1.92. The fourth-order valence-electron chi connectivity index (χ4n) is 2.05. The average molecular weight is 291 g/mol. The van der Waals surface area contributed by atoms with Crippen LogP contribution in [0.3, 0.4) is 0 Å². The van der Waals surface area contributed by atoms with Crippen molar-refractivity contribution in [1.82, 2.24) is 9.38 Å². The molecule has 100 valence electrons. The van der Waals surface area contributed by atoms with Crippen molar-refractivity contribution in [2.24, 2.45) is 0 Å². The first-order valence-electron chi connectivity index (χ1n) is 5.74. The molecule has 3 aromatic rings. The third-order valence-electron chi connectivity index (χ3n) is 2.92. The lowest BCUT2D eigenvalue weighted by Crippen LogP contribution is -2.03. The van der Waals surface area contributed by atoms with Gasteiger partial charge in [-0.3, -0.25) is 4.40 Å². The molecule has 0 saturated carbocycles. The highest BCUT2D eigenvalue weighted by Crippen LogP contribution is 2.27. The number of aromatic nitrogens is 2. The van der Waals surface area contributed by atoms with Gasteiger partial charge in [-0.15, -0.1) is 0 Å². The summed E-state index contributed by atoms with van der Waals surface area (Å²) in [5.74, 6) is -1.52. The van der Waals surface area contributed by atoms with Crippen LogP contribution in [0.15, 0.2) is 42.6 Å². The molecule has 0 radical (unpaired) electrons. The number of benzene rings is 1. The minimum atomic E-state index is -1.13. The summed E-state index contributed by atoms with van der Waals surface area (Å²) in [6, 6.07) is 8.75. The number of carboxylic acids is 1. The highest BCUT2D eigenvalue weighted by atomic mass is 35.5. The van der Waals surface area contributed by atoms with Crippen molar-refractivity contribution >= 4 is 23.2 Å². The highest BCUT2D eigenvalue weighted by molar-refractivity contribution is 6.33. The lowest BCUT2D eigenvalue weighted by atomic mass is 10.1. The molecular weight excluding hydrogens is 283 g/mol. The van der Waals surface area contributed by atoms with Crippen molar-refractivity contribution in [2.75, 3.05) is 0 Å². The smallest absolute Gasteiger partial charge is 0.355 e. The number of nitrogens with zero attached hydrogens (tertiary/aromatic N) is 2. The Balaban J connectivity index is 2.35. The van der Waals surface area contributed by atoms with Crippen molar-refractivity contribution in [1.29, 1.82) is 0 Å². The molecule has 0 atom stereocenters. The van der Waals surface area contributed by atoms with Gasteiger partial charge in [0.2, 0.25) is 0 Å². The zero-order valence-corrected chi connectivity index (χ0v) is 10.8. The van der Waals surface area contributed by atoms with Crippen molar-refractivity contribution in [3.05, 3.63) is 59.1 Å². The van der Waals surface area contributed by atoms with Crippen molar-refractivity contribution < 1.29 is 14.3 Å². The normalized spacial score (nSPS) is 10.9. The molecule has 0 fully saturated rings. The maximum absolute atomic E-state index is 13.0. The molecule has 0 amide bonds. The van der Waals surface area contributed by atoms with Crippen molar-refractivity contribution in [3.63, 3.8) is 0 Å². The molecule has 20 heavy (non-hydrogen) atoms. The molecule has 0 aliphatic heterocycles. The Kier molecular flexibility index (Phi) is 2.91. The van der Waals surface area contributed by atoms with E-state index in [0.717, 1.165) is 0 Å². The third-order valence-corrected chi connectivity index (χ3v) is 3.22. The number of carboxylic acid groups (broad SMARTS) is 1. The van der Waals surface area contributed by atoms with E-state index in [9.17, 15) is 14.3 Å². The van der Waals surface area contributed by atoms with Crippen LogP contribution in [0.1, 0.15) is 10.5 Å². The molecule has 0 spiro atoms. The SMILES string of the molecule is O=C(O)c1c(-c2ccc(F)cc2)nc2c(Cl)cccn12. The van der Waals surface area contributed by atoms with Gasteiger partial charge < -0.3 is 5.11 Å². The van der Waals surface area contributed by atoms with Crippen molar-refractivity contribution in [2.45, 2.75) is 0 Å². The number of rotatable bonds is 2. The Morgan fingerprint density at radius 3 is 2.60 bits per heavy atom. The minimum Gasteiger partial charge on any atom is -0.476 e. The summed E-state index contributed by atoms with van der Waals surface area (Å²) in [5.41, 5.74) is 1.12. The van der Waals surface area contributed by atoms with E-state index in [-0.39, 0.29) is 11.4 Å². The van der Waals surface area contributed by atoms with E-state index in [0.29, 0.717) is 16.2 Å². The molecule has 0 aliphatic carbocycles. The lowest BCUT2D eigenvalue weighted by molar-refractivity contribution is 0.0690. The molecule has 6 heteroatoms. The first-order chi connectivity index (χ1) is 9.58. The van der Waals surface area contributed by atoms with Gasteiger partial charge in [0.25, 0.3) is 0 Å². The average Bonchev–Trinajstić information content (AvgIpc) is 2.80. The van der Waals surface area contributed by atoms with E-state index in [2.05, 4.69) is 4.98 Å². The molecular formula is C14H8ClFN2O2. The number of aromatic carboxylic acids is 1. The molecule has 0 unspecified atom stereocenters. The molecule has 1 aromatic carbocycles. The predicted molar refractivity (Wildman–Crippen MR) is 72.6 cm³/mol. The quantitative estimate of drug-likeness (QED) is 0.786. The molecule has 2 aromatic heterocycles. The predicted octanol–water partition coefficient (Wildman–Crippen LogP) is 3.49. The van der Waals surface area contributed by atoms with Gasteiger partial charge in [-0.25, -0.2) is 14.2 Å². The zero-order chi connectivity index (χ0) is 14.3. The number of pyridine rings is 1. The van der Waals surface area contributed by atoms with Crippen LogP contribution in [-0.4, -0.2) is 20.5 Å². The fourth-order valence-corrected chi connectivity index (χ4v) is 2.25. The Labute approximate surface area is 118 Å². The summed E-state index contributed by atoms with van der Waals surface area (Å²) in [7, 11) is 0. The summed E-state index contributed by atoms with van der Waals surface area (Å²) in [6.07, 6.45) is 1.57. The molecule has 0 bridgehead atoms. The maximum atomic E-state index is 13.0. The second-order valence-electron chi connectivity index (χ2n) is 4.17. The monoisotopic (exact) mass is 290 g/mol. The Hall–Kier alpha value is -2.40. The van der Waals surface area contributed by atoms with Crippen LogP contribution in [0.4, 0.5) is 4.39 Å². The molecule has 0 aliphatic rings. The van der Waals surface area contributed by atoms with E-state index in [1.807, 2.05) is 0 Å². The standard InChI is InChI=1S/C14H8ClFN2O2/c15-10-2-1-7-18-12(14(19)20)11(17-13(10)18)8-3-5-9(16)6-4-8/h1-7H,(H,19,20). The van der Waals surface area contributed by atoms with E-state index < -0.39 is 11.8 Å². The van der Waals surface area contributed by atoms with Crippen LogP contribution in [0, 0.1) is 5.82 Å². The number of carbonyl (C=O) groups is 1. The topological polar surface area (TPSA) is 54.6 Å². The Morgan fingerprint density at radius 1 is 1.25 bits per heavy atom. The van der Waals surface area contributed by atoms with Crippen LogP contribution < -0.4 is 0 Å². The van der Waals surface area contributed by atoms with Crippen molar-refractivity contribution in [3.8, 4) is 11.3 Å². The summed E-state index contributed by atoms with van der Waals surface area (Å²) in [5, 5.41) is 9.73. The van der Waals surface area contributed by atoms with E-state index >= 15 is 0 Å². The van der Waals surface area contributed by atoms with Gasteiger partial charge in [-0.1, -0.05) is 11.6 Å². The van der Waals surface area contributed by atoms with Crippen LogP contribution in [0.5, 0.6) is 0 Å². The largest absolute Gasteiger partial charge is 0.476 e. The van der Waals surface area contributed by atoms with Gasteiger partial charge >= 0.3 is 5.97 Å². The highest BCUT2D eigenvalue weighted by Gasteiger charge is 2.20. The van der Waals surface area contributed by atoms with Gasteiger partial charge in [-0.05, 0) is 36.4 Å². The number of fused-ring (bicyclic) bond motifs is 1. The van der Waals surface area contributed by atoms with Crippen LogP contribution in [0.25, 0.3) is 16.9 Å². The summed E-state index contributed by atoms with van der Waals surface area (Å²) < 4.78 is 14.4. The molecule has 1 N–H and O–H groups in total. The number of imidazole rings is 1. The van der Waals surface area contributed by atoms with E-state index in [1.165, 1.54) is 28.7 Å². The van der Waals surface area contributed by atoms with Gasteiger partial charge in [0.1, 0.15) is 11.5 Å². The molecule has 4 nitrogen and oxygen atoms in total. The molecule has 2 heterocycles. The maximum Gasteiger partial charge on any atom is 0.355 e. The van der Waals surface area contributed by atoms with Gasteiger partial charge in [0, 0.05) is 11.8 Å². The number of halogens is 2. The molecule has 0 saturated heterocycles. The number of hydrogen-bond acceptors (Lipinski definition) is 2. The summed E-state index contributed by atoms with van der Waals surface area (Å²) in [6.45, 7) is 0. The summed E-state index contributed by atoms with van der Waals surface area (Å²) in [4.78, 5) is 15.7. The van der Waals surface area contributed by atoms with Gasteiger partial charge in [0.15, 0.2) is 11.3 Å². The Bertz CT molecular complexity index is 812. The second kappa shape index (κ2) is 4.61. The second-order valence-corrected chi connectivity index (χ2v) is 4.58. The molecule has 3 rings (SSSR count). The van der Waals surface area contributed by atoms with Crippen LogP contribution >= 0.6 is 11.6 Å². The van der Waals surface area contributed by atoms with Crippen LogP contribution in [0.2, 0.25) is 5.02 Å². The zero-order valence-electron chi connectivity index (χ0n) is 10.0. The fraction of sp³-hybridized carbons (Fsp3) is 0. The minimum absolute atomic E-state index is 0.00546. The van der Waals surface area contributed by atoms with Gasteiger partial charge in [0.05, 0.1) is 5.02 Å². The van der Waals surface area contributed by atoms with E-state index in [1.54, 1.807) is 18.3 Å². The van der Waals surface area contributed by atoms with E-state index in [4.69, 9.17) is 11.6 Å². The number of hydrogen-bond donors (Lipinski definition) is 1.